The predicted octanol–water partition coefficient (Wildman–Crippen LogP) is 3.39. The zero-order valence-corrected chi connectivity index (χ0v) is 10.9. The van der Waals surface area contributed by atoms with Crippen LogP contribution in [0.25, 0.3) is 0 Å². The fraction of sp³-hybridized carbons (Fsp3) is 0.312. The molecule has 0 spiro atoms. The number of benzene rings is 1. The quantitative estimate of drug-likeness (QED) is 0.564. The molecule has 3 nitrogen and oxygen atoms in total. The van der Waals surface area contributed by atoms with Crippen LogP contribution in [0.1, 0.15) is 24.2 Å². The molecule has 0 saturated heterocycles. The molecule has 2 rings (SSSR count). The summed E-state index contributed by atoms with van der Waals surface area (Å²) in [4.78, 5) is 11.5. The van der Waals surface area contributed by atoms with E-state index in [0.717, 1.165) is 18.6 Å². The number of rotatable bonds is 7. The van der Waals surface area contributed by atoms with Gasteiger partial charge < -0.3 is 9.15 Å². The molecule has 0 saturated carbocycles. The van der Waals surface area contributed by atoms with Crippen molar-refractivity contribution in [3.05, 3.63) is 60.1 Å². The van der Waals surface area contributed by atoms with Gasteiger partial charge in [-0.3, -0.25) is 4.79 Å². The van der Waals surface area contributed by atoms with E-state index in [0.29, 0.717) is 19.4 Å². The second-order valence-corrected chi connectivity index (χ2v) is 4.39. The van der Waals surface area contributed by atoms with Gasteiger partial charge in [-0.2, -0.15) is 0 Å². The number of esters is 1. The van der Waals surface area contributed by atoms with Crippen LogP contribution < -0.4 is 0 Å². The molecule has 0 aliphatic rings. The summed E-state index contributed by atoms with van der Waals surface area (Å²) < 4.78 is 10.3. The first kappa shape index (κ1) is 13.4. The first-order valence-corrected chi connectivity index (χ1v) is 6.56. The van der Waals surface area contributed by atoms with E-state index in [-0.39, 0.29) is 5.97 Å². The summed E-state index contributed by atoms with van der Waals surface area (Å²) in [5.41, 5.74) is 1.27. The van der Waals surface area contributed by atoms with Crippen LogP contribution >= 0.6 is 0 Å². The fourth-order valence-corrected chi connectivity index (χ4v) is 1.86. The van der Waals surface area contributed by atoms with Crippen molar-refractivity contribution in [1.82, 2.24) is 0 Å². The minimum atomic E-state index is -0.163. The standard InChI is InChI=1S/C16H18O3/c17-16(11-10-15-9-5-12-18-15)19-13-4-8-14-6-2-1-3-7-14/h1-3,5-7,9,12H,4,8,10-11,13H2. The van der Waals surface area contributed by atoms with Crippen molar-refractivity contribution in [2.24, 2.45) is 0 Å². The highest BCUT2D eigenvalue weighted by molar-refractivity contribution is 5.69. The molecule has 0 aliphatic heterocycles. The van der Waals surface area contributed by atoms with Crippen LogP contribution in [-0.4, -0.2) is 12.6 Å². The summed E-state index contributed by atoms with van der Waals surface area (Å²) in [5, 5.41) is 0. The second-order valence-electron chi connectivity index (χ2n) is 4.39. The average molecular weight is 258 g/mol. The van der Waals surface area contributed by atoms with Crippen LogP contribution in [0, 0.1) is 0 Å². The summed E-state index contributed by atoms with van der Waals surface area (Å²) in [7, 11) is 0. The Morgan fingerprint density at radius 1 is 1.05 bits per heavy atom. The molecule has 0 aliphatic carbocycles. The van der Waals surface area contributed by atoms with Gasteiger partial charge in [-0.1, -0.05) is 30.3 Å². The molecule has 1 aromatic carbocycles. The van der Waals surface area contributed by atoms with E-state index in [9.17, 15) is 4.79 Å². The topological polar surface area (TPSA) is 39.4 Å². The van der Waals surface area contributed by atoms with Crippen LogP contribution in [0.5, 0.6) is 0 Å². The van der Waals surface area contributed by atoms with Gasteiger partial charge in [0, 0.05) is 6.42 Å². The van der Waals surface area contributed by atoms with Crippen LogP contribution in [0.4, 0.5) is 0 Å². The Morgan fingerprint density at radius 3 is 2.63 bits per heavy atom. The van der Waals surface area contributed by atoms with E-state index < -0.39 is 0 Å². The molecule has 1 aromatic heterocycles. The van der Waals surface area contributed by atoms with E-state index in [4.69, 9.17) is 9.15 Å². The van der Waals surface area contributed by atoms with Crippen molar-refractivity contribution in [3.8, 4) is 0 Å². The summed E-state index contributed by atoms with van der Waals surface area (Å²) in [6.07, 6.45) is 4.38. The second kappa shape index (κ2) is 7.41. The smallest absolute Gasteiger partial charge is 0.306 e. The van der Waals surface area contributed by atoms with Gasteiger partial charge in [-0.05, 0) is 30.5 Å². The third-order valence-electron chi connectivity index (χ3n) is 2.87. The largest absolute Gasteiger partial charge is 0.469 e. The third kappa shape index (κ3) is 5.00. The first-order chi connectivity index (χ1) is 9.34. The molecule has 0 amide bonds. The molecule has 0 unspecified atom stereocenters. The molecule has 0 atom stereocenters. The van der Waals surface area contributed by atoms with E-state index in [2.05, 4.69) is 12.1 Å². The Labute approximate surface area is 113 Å². The molecule has 0 radical (unpaired) electrons. The Kier molecular flexibility index (Phi) is 5.23. The number of carbonyl (C=O) groups excluding carboxylic acids is 1. The summed E-state index contributed by atoms with van der Waals surface area (Å²) in [6.45, 7) is 0.478. The van der Waals surface area contributed by atoms with Crippen molar-refractivity contribution in [3.63, 3.8) is 0 Å². The fourth-order valence-electron chi connectivity index (χ4n) is 1.86. The highest BCUT2D eigenvalue weighted by Gasteiger charge is 2.05. The third-order valence-corrected chi connectivity index (χ3v) is 2.87. The van der Waals surface area contributed by atoms with Gasteiger partial charge >= 0.3 is 5.97 Å². The van der Waals surface area contributed by atoms with Crippen LogP contribution in [0.2, 0.25) is 0 Å². The monoisotopic (exact) mass is 258 g/mol. The molecule has 100 valence electrons. The minimum absolute atomic E-state index is 0.163. The van der Waals surface area contributed by atoms with Crippen molar-refractivity contribution in [1.29, 1.82) is 0 Å². The summed E-state index contributed by atoms with van der Waals surface area (Å²) >= 11 is 0. The number of hydrogen-bond acceptors (Lipinski definition) is 3. The zero-order valence-electron chi connectivity index (χ0n) is 10.9. The maximum absolute atomic E-state index is 11.5. The Bertz CT molecular complexity index is 474. The first-order valence-electron chi connectivity index (χ1n) is 6.56. The zero-order chi connectivity index (χ0) is 13.3. The van der Waals surface area contributed by atoms with E-state index in [1.165, 1.54) is 5.56 Å². The molecule has 3 heteroatoms. The van der Waals surface area contributed by atoms with E-state index in [1.54, 1.807) is 6.26 Å². The summed E-state index contributed by atoms with van der Waals surface area (Å²) in [6, 6.07) is 13.9. The van der Waals surface area contributed by atoms with E-state index >= 15 is 0 Å². The molecule has 1 heterocycles. The van der Waals surface area contributed by atoms with Gasteiger partial charge in [0.15, 0.2) is 0 Å². The molecule has 2 aromatic rings. The maximum Gasteiger partial charge on any atom is 0.306 e. The van der Waals surface area contributed by atoms with Crippen molar-refractivity contribution < 1.29 is 13.9 Å². The van der Waals surface area contributed by atoms with Gasteiger partial charge in [0.25, 0.3) is 0 Å². The van der Waals surface area contributed by atoms with Gasteiger partial charge in [0.05, 0.1) is 19.3 Å². The highest BCUT2D eigenvalue weighted by atomic mass is 16.5. The van der Waals surface area contributed by atoms with Crippen molar-refractivity contribution in [2.75, 3.05) is 6.61 Å². The number of aryl methyl sites for hydroxylation is 2. The normalized spacial score (nSPS) is 10.3. The minimum Gasteiger partial charge on any atom is -0.469 e. The van der Waals surface area contributed by atoms with Gasteiger partial charge in [0.2, 0.25) is 0 Å². The molecular weight excluding hydrogens is 240 g/mol. The average Bonchev–Trinajstić information content (AvgIpc) is 2.96. The number of furan rings is 1. The lowest BCUT2D eigenvalue weighted by molar-refractivity contribution is -0.143. The number of carbonyl (C=O) groups is 1. The van der Waals surface area contributed by atoms with E-state index in [1.807, 2.05) is 30.3 Å². The highest BCUT2D eigenvalue weighted by Crippen LogP contribution is 2.05. The van der Waals surface area contributed by atoms with Gasteiger partial charge in [-0.15, -0.1) is 0 Å². The Morgan fingerprint density at radius 2 is 1.89 bits per heavy atom. The van der Waals surface area contributed by atoms with Crippen LogP contribution in [0.3, 0.4) is 0 Å². The molecule has 0 bridgehead atoms. The number of hydrogen-bond donors (Lipinski definition) is 0. The van der Waals surface area contributed by atoms with Gasteiger partial charge in [0.1, 0.15) is 5.76 Å². The lowest BCUT2D eigenvalue weighted by atomic mass is 10.1. The number of ether oxygens (including phenoxy) is 1. The lowest BCUT2D eigenvalue weighted by Crippen LogP contribution is -2.07. The summed E-state index contributed by atoms with van der Waals surface area (Å²) in [5.74, 6) is 0.658. The SMILES string of the molecule is O=C(CCc1ccco1)OCCCc1ccccc1. The maximum atomic E-state index is 11.5. The van der Waals surface area contributed by atoms with Crippen molar-refractivity contribution in [2.45, 2.75) is 25.7 Å². The molecule has 19 heavy (non-hydrogen) atoms. The lowest BCUT2D eigenvalue weighted by Gasteiger charge is -2.04. The molecule has 0 N–H and O–H groups in total. The van der Waals surface area contributed by atoms with Gasteiger partial charge in [-0.25, -0.2) is 0 Å². The van der Waals surface area contributed by atoms with Crippen molar-refractivity contribution >= 4 is 5.97 Å². The predicted molar refractivity (Wildman–Crippen MR) is 72.8 cm³/mol. The van der Waals surface area contributed by atoms with Crippen LogP contribution in [0.15, 0.2) is 53.1 Å². The molecular formula is C16H18O3. The molecule has 0 fully saturated rings. The Balaban J connectivity index is 1.57. The Hall–Kier alpha value is -2.03. The van der Waals surface area contributed by atoms with Crippen LogP contribution in [-0.2, 0) is 22.4 Å².